The largest absolute Gasteiger partial charge is 0.497 e. The summed E-state index contributed by atoms with van der Waals surface area (Å²) in [5.41, 5.74) is 0.984. The van der Waals surface area contributed by atoms with Gasteiger partial charge >= 0.3 is 11.9 Å². The lowest BCUT2D eigenvalue weighted by Gasteiger charge is -2.18. The maximum absolute atomic E-state index is 12.5. The highest BCUT2D eigenvalue weighted by atomic mass is 16.6. The van der Waals surface area contributed by atoms with E-state index < -0.39 is 6.10 Å². The summed E-state index contributed by atoms with van der Waals surface area (Å²) >= 11 is 0. The van der Waals surface area contributed by atoms with Gasteiger partial charge in [-0.1, -0.05) is 88.5 Å². The number of benzene rings is 1. The number of ether oxygens (including phenoxy) is 4. The second-order valence-corrected chi connectivity index (χ2v) is 10.8. The maximum atomic E-state index is 12.5. The van der Waals surface area contributed by atoms with Crippen LogP contribution in [-0.4, -0.2) is 38.4 Å². The summed E-state index contributed by atoms with van der Waals surface area (Å²) in [7, 11) is 1.63. The number of hydrogen-bond donors (Lipinski definition) is 0. The van der Waals surface area contributed by atoms with Gasteiger partial charge < -0.3 is 18.9 Å². The van der Waals surface area contributed by atoms with E-state index in [1.807, 2.05) is 36.4 Å². The fourth-order valence-electron chi connectivity index (χ4n) is 4.53. The third-order valence-corrected chi connectivity index (χ3v) is 7.04. The Bertz CT molecular complexity index is 803. The normalized spacial score (nSPS) is 11.5. The van der Waals surface area contributed by atoms with Gasteiger partial charge in [-0.05, 0) is 56.2 Å². The minimum Gasteiger partial charge on any atom is -0.497 e. The molecule has 6 heteroatoms. The van der Waals surface area contributed by atoms with E-state index in [1.165, 1.54) is 51.4 Å². The van der Waals surface area contributed by atoms with E-state index in [4.69, 9.17) is 18.9 Å². The molecule has 0 amide bonds. The monoisotopic (exact) mass is 572 g/mol. The molecule has 1 rings (SSSR count). The van der Waals surface area contributed by atoms with Crippen molar-refractivity contribution in [2.75, 3.05) is 20.3 Å². The zero-order valence-corrected chi connectivity index (χ0v) is 25.8. The Hall–Kier alpha value is -2.60. The molecule has 232 valence electrons. The number of hydrogen-bond acceptors (Lipinski definition) is 6. The molecule has 0 aliphatic carbocycles. The van der Waals surface area contributed by atoms with Gasteiger partial charge in [-0.3, -0.25) is 9.59 Å². The van der Waals surface area contributed by atoms with Crippen molar-refractivity contribution in [3.8, 4) is 5.75 Å². The lowest BCUT2D eigenvalue weighted by Crippen LogP contribution is -2.29. The Balaban J connectivity index is 2.34. The second kappa shape index (κ2) is 26.3. The molecule has 0 aliphatic heterocycles. The van der Waals surface area contributed by atoms with E-state index in [-0.39, 0.29) is 25.2 Å². The molecule has 0 bridgehead atoms. The third-order valence-electron chi connectivity index (χ3n) is 7.04. The van der Waals surface area contributed by atoms with Crippen LogP contribution in [0.5, 0.6) is 5.75 Å². The maximum Gasteiger partial charge on any atom is 0.306 e. The molecule has 0 spiro atoms. The predicted molar refractivity (Wildman–Crippen MR) is 167 cm³/mol. The van der Waals surface area contributed by atoms with Gasteiger partial charge in [0.2, 0.25) is 0 Å². The molecule has 1 atom stereocenters. The lowest BCUT2D eigenvalue weighted by atomic mass is 10.1. The first kappa shape index (κ1) is 36.4. The average molecular weight is 573 g/mol. The lowest BCUT2D eigenvalue weighted by molar-refractivity contribution is -0.163. The molecule has 41 heavy (non-hydrogen) atoms. The van der Waals surface area contributed by atoms with Gasteiger partial charge in [0, 0.05) is 12.8 Å². The highest BCUT2D eigenvalue weighted by Crippen LogP contribution is 2.14. The van der Waals surface area contributed by atoms with Crippen molar-refractivity contribution in [1.29, 1.82) is 0 Å². The minimum absolute atomic E-state index is 0.0151. The predicted octanol–water partition coefficient (Wildman–Crippen LogP) is 9.06. The fraction of sp³-hybridized carbons (Fsp3) is 0.657. The van der Waals surface area contributed by atoms with Crippen molar-refractivity contribution in [2.24, 2.45) is 0 Å². The zero-order chi connectivity index (χ0) is 29.8. The molecule has 1 aromatic carbocycles. The van der Waals surface area contributed by atoms with Crippen LogP contribution in [0.15, 0.2) is 49.6 Å². The van der Waals surface area contributed by atoms with Crippen molar-refractivity contribution in [3.05, 3.63) is 55.1 Å². The molecule has 1 aromatic rings. The van der Waals surface area contributed by atoms with Gasteiger partial charge in [-0.15, -0.1) is 13.2 Å². The summed E-state index contributed by atoms with van der Waals surface area (Å²) < 4.78 is 22.2. The smallest absolute Gasteiger partial charge is 0.306 e. The first-order valence-corrected chi connectivity index (χ1v) is 15.9. The summed E-state index contributed by atoms with van der Waals surface area (Å²) in [6, 6.07) is 7.62. The first-order chi connectivity index (χ1) is 20.1. The number of allylic oxidation sites excluding steroid dienone is 2. The minimum atomic E-state index is -0.620. The summed E-state index contributed by atoms with van der Waals surface area (Å²) in [6.07, 6.45) is 21.9. The second-order valence-electron chi connectivity index (χ2n) is 10.8. The standard InChI is InChI=1S/C35H56O6/c1-4-6-8-10-12-14-16-18-20-22-34(36)40-30-33(29-39-28-31-24-26-32(38-3)27-25-31)41-35(37)23-21-19-17-15-13-11-9-7-5-2/h4-5,24-27,33H,1-2,6-23,28-30H2,3H3/t33-/m0/s1. The van der Waals surface area contributed by atoms with E-state index in [9.17, 15) is 9.59 Å². The highest BCUT2D eigenvalue weighted by Gasteiger charge is 2.18. The Morgan fingerprint density at radius 2 is 1.17 bits per heavy atom. The summed E-state index contributed by atoms with van der Waals surface area (Å²) in [4.78, 5) is 24.8. The molecule has 6 nitrogen and oxygen atoms in total. The van der Waals surface area contributed by atoms with E-state index in [2.05, 4.69) is 13.2 Å². The molecule has 0 aliphatic rings. The van der Waals surface area contributed by atoms with Crippen LogP contribution in [0.2, 0.25) is 0 Å². The van der Waals surface area contributed by atoms with Gasteiger partial charge in [0.1, 0.15) is 12.4 Å². The third kappa shape index (κ3) is 21.8. The molecule has 0 N–H and O–H groups in total. The van der Waals surface area contributed by atoms with Crippen molar-refractivity contribution < 1.29 is 28.5 Å². The van der Waals surface area contributed by atoms with Crippen LogP contribution in [0.25, 0.3) is 0 Å². The first-order valence-electron chi connectivity index (χ1n) is 15.9. The van der Waals surface area contributed by atoms with Crippen LogP contribution in [0.3, 0.4) is 0 Å². The quantitative estimate of drug-likeness (QED) is 0.0567. The number of rotatable bonds is 28. The summed E-state index contributed by atoms with van der Waals surface area (Å²) in [5, 5.41) is 0. The Kier molecular flexibility index (Phi) is 23.4. The number of methoxy groups -OCH3 is 1. The Morgan fingerprint density at radius 1 is 0.683 bits per heavy atom. The van der Waals surface area contributed by atoms with Crippen molar-refractivity contribution in [2.45, 2.75) is 128 Å². The van der Waals surface area contributed by atoms with E-state index in [0.29, 0.717) is 19.4 Å². The molecule has 0 aromatic heterocycles. The van der Waals surface area contributed by atoms with Gasteiger partial charge in [0.05, 0.1) is 20.3 Å². The van der Waals surface area contributed by atoms with Crippen LogP contribution < -0.4 is 4.74 Å². The topological polar surface area (TPSA) is 71.1 Å². The van der Waals surface area contributed by atoms with E-state index >= 15 is 0 Å². The van der Waals surface area contributed by atoms with Crippen molar-refractivity contribution in [3.63, 3.8) is 0 Å². The number of esters is 2. The Morgan fingerprint density at radius 3 is 1.68 bits per heavy atom. The van der Waals surface area contributed by atoms with Gasteiger partial charge in [-0.25, -0.2) is 0 Å². The number of unbranched alkanes of at least 4 members (excludes halogenated alkanes) is 14. The molecular weight excluding hydrogens is 516 g/mol. The summed E-state index contributed by atoms with van der Waals surface area (Å²) in [6.45, 7) is 8.07. The molecular formula is C35H56O6. The van der Waals surface area contributed by atoms with Crippen LogP contribution in [0.1, 0.15) is 121 Å². The molecule has 0 fully saturated rings. The van der Waals surface area contributed by atoms with Crippen molar-refractivity contribution >= 4 is 11.9 Å². The number of carbonyl (C=O) groups excluding carboxylic acids is 2. The zero-order valence-electron chi connectivity index (χ0n) is 25.8. The van der Waals surface area contributed by atoms with Crippen LogP contribution in [-0.2, 0) is 30.4 Å². The number of carbonyl (C=O) groups is 2. The van der Waals surface area contributed by atoms with Gasteiger partial charge in [-0.2, -0.15) is 0 Å². The van der Waals surface area contributed by atoms with Gasteiger partial charge in [0.25, 0.3) is 0 Å². The molecule has 0 unspecified atom stereocenters. The van der Waals surface area contributed by atoms with Gasteiger partial charge in [0.15, 0.2) is 6.10 Å². The summed E-state index contributed by atoms with van der Waals surface area (Å²) in [5.74, 6) is 0.266. The molecule has 0 radical (unpaired) electrons. The van der Waals surface area contributed by atoms with Crippen LogP contribution in [0, 0.1) is 0 Å². The van der Waals surface area contributed by atoms with E-state index in [0.717, 1.165) is 62.7 Å². The fourth-order valence-corrected chi connectivity index (χ4v) is 4.53. The van der Waals surface area contributed by atoms with Crippen LogP contribution in [0.4, 0.5) is 0 Å². The molecule has 0 heterocycles. The molecule has 0 saturated heterocycles. The van der Waals surface area contributed by atoms with Crippen LogP contribution >= 0.6 is 0 Å². The van der Waals surface area contributed by atoms with E-state index in [1.54, 1.807) is 7.11 Å². The highest BCUT2D eigenvalue weighted by molar-refractivity contribution is 5.70. The average Bonchev–Trinajstić information content (AvgIpc) is 2.98. The SMILES string of the molecule is C=CCCCCCCCCCC(=O)OC[C@H](COCc1ccc(OC)cc1)OC(=O)CCCCCCCCCC=C. The van der Waals surface area contributed by atoms with Crippen molar-refractivity contribution in [1.82, 2.24) is 0 Å². The molecule has 0 saturated carbocycles. The Labute approximate surface area is 249 Å².